The lowest BCUT2D eigenvalue weighted by Crippen LogP contribution is -2.28. The molecule has 1 aromatic carbocycles. The van der Waals surface area contributed by atoms with Gasteiger partial charge in [-0.2, -0.15) is 0 Å². The average molecular weight is 235 g/mol. The van der Waals surface area contributed by atoms with E-state index >= 15 is 0 Å². The number of hydrogen-bond donors (Lipinski definition) is 1. The topological polar surface area (TPSA) is 81.8 Å². The minimum absolute atomic E-state index is 0.330. The maximum atomic E-state index is 10.5. The standard InChI is InChI=1S/C10H10BNO5/c13-11-8-4-9-6(1-2-16-9)3-7(8)10(17-11)5-12(14)15/h3-4,10,13H,1-2,5H2. The Balaban J connectivity index is 2.01. The summed E-state index contributed by atoms with van der Waals surface area (Å²) in [7, 11) is -1.09. The van der Waals surface area contributed by atoms with Crippen LogP contribution in [0.25, 0.3) is 0 Å². The number of nitrogens with zero attached hydrogens (tertiary/aromatic N) is 1. The lowest BCUT2D eigenvalue weighted by molar-refractivity contribution is -0.490. The van der Waals surface area contributed by atoms with Crippen LogP contribution in [-0.2, 0) is 11.1 Å². The van der Waals surface area contributed by atoms with E-state index in [1.54, 1.807) is 6.07 Å². The van der Waals surface area contributed by atoms with E-state index in [0.29, 0.717) is 17.6 Å². The van der Waals surface area contributed by atoms with Crippen LogP contribution in [-0.4, -0.2) is 30.2 Å². The predicted molar refractivity (Wildman–Crippen MR) is 58.9 cm³/mol. The number of hydrogen-bond acceptors (Lipinski definition) is 5. The molecule has 0 saturated carbocycles. The molecule has 0 amide bonds. The van der Waals surface area contributed by atoms with Crippen molar-refractivity contribution in [2.75, 3.05) is 13.2 Å². The zero-order valence-corrected chi connectivity index (χ0v) is 8.96. The highest BCUT2D eigenvalue weighted by atomic mass is 16.6. The van der Waals surface area contributed by atoms with Crippen molar-refractivity contribution in [2.24, 2.45) is 0 Å². The molecule has 0 aromatic heterocycles. The van der Waals surface area contributed by atoms with Gasteiger partial charge in [0.15, 0.2) is 0 Å². The number of fused-ring (bicyclic) bond motifs is 2. The molecule has 6 nitrogen and oxygen atoms in total. The fraction of sp³-hybridized carbons (Fsp3) is 0.400. The van der Waals surface area contributed by atoms with Crippen molar-refractivity contribution in [2.45, 2.75) is 12.5 Å². The lowest BCUT2D eigenvalue weighted by atomic mass is 9.78. The van der Waals surface area contributed by atoms with Crippen LogP contribution in [0.2, 0.25) is 0 Å². The molecule has 3 rings (SSSR count). The third-order valence-corrected chi connectivity index (χ3v) is 3.12. The highest BCUT2D eigenvalue weighted by molar-refractivity contribution is 6.61. The third-order valence-electron chi connectivity index (χ3n) is 3.12. The second-order valence-corrected chi connectivity index (χ2v) is 4.18. The third kappa shape index (κ3) is 1.67. The molecule has 0 bridgehead atoms. The molecule has 0 radical (unpaired) electrons. The minimum atomic E-state index is -1.09. The maximum Gasteiger partial charge on any atom is 0.492 e. The molecule has 2 aliphatic heterocycles. The first-order valence-corrected chi connectivity index (χ1v) is 5.40. The normalized spacial score (nSPS) is 21.0. The predicted octanol–water partition coefficient (Wildman–Crippen LogP) is -0.343. The summed E-state index contributed by atoms with van der Waals surface area (Å²) in [6, 6.07) is 3.57. The van der Waals surface area contributed by atoms with Crippen LogP contribution in [0.15, 0.2) is 12.1 Å². The van der Waals surface area contributed by atoms with E-state index in [9.17, 15) is 15.1 Å². The van der Waals surface area contributed by atoms with Crippen molar-refractivity contribution in [3.8, 4) is 5.75 Å². The van der Waals surface area contributed by atoms with Gasteiger partial charge in [0.1, 0.15) is 11.9 Å². The fourth-order valence-corrected chi connectivity index (χ4v) is 2.33. The number of rotatable bonds is 2. The number of benzene rings is 1. The zero-order valence-electron chi connectivity index (χ0n) is 8.96. The molecule has 1 N–H and O–H groups in total. The second kappa shape index (κ2) is 3.71. The van der Waals surface area contributed by atoms with Gasteiger partial charge in [0.2, 0.25) is 6.54 Å². The summed E-state index contributed by atoms with van der Waals surface area (Å²) in [5, 5.41) is 20.2. The summed E-state index contributed by atoms with van der Waals surface area (Å²) in [4.78, 5) is 10.1. The van der Waals surface area contributed by atoms with Gasteiger partial charge in [-0.25, -0.2) is 0 Å². The van der Waals surface area contributed by atoms with Crippen LogP contribution in [0.1, 0.15) is 17.2 Å². The van der Waals surface area contributed by atoms with Crippen molar-refractivity contribution in [3.05, 3.63) is 33.4 Å². The Morgan fingerprint density at radius 2 is 2.41 bits per heavy atom. The molecule has 2 aliphatic rings. The first-order valence-electron chi connectivity index (χ1n) is 5.40. The van der Waals surface area contributed by atoms with Crippen molar-refractivity contribution >= 4 is 12.6 Å². The van der Waals surface area contributed by atoms with Gasteiger partial charge in [-0.3, -0.25) is 10.1 Å². The van der Waals surface area contributed by atoms with Crippen LogP contribution in [0.4, 0.5) is 0 Å². The van der Waals surface area contributed by atoms with Gasteiger partial charge >= 0.3 is 7.12 Å². The number of nitro groups is 1. The average Bonchev–Trinajstić information content (AvgIpc) is 2.82. The Hall–Kier alpha value is -1.60. The lowest BCUT2D eigenvalue weighted by Gasteiger charge is -2.07. The van der Waals surface area contributed by atoms with E-state index in [0.717, 1.165) is 17.7 Å². The Morgan fingerprint density at radius 3 is 3.18 bits per heavy atom. The maximum absolute atomic E-state index is 10.5. The van der Waals surface area contributed by atoms with Crippen molar-refractivity contribution in [3.63, 3.8) is 0 Å². The van der Waals surface area contributed by atoms with Crippen LogP contribution in [0, 0.1) is 10.1 Å². The first kappa shape index (κ1) is 10.6. The summed E-state index contributed by atoms with van der Waals surface area (Å²) >= 11 is 0. The molecule has 0 spiro atoms. The molecule has 1 atom stereocenters. The van der Waals surface area contributed by atoms with E-state index < -0.39 is 18.1 Å². The molecule has 17 heavy (non-hydrogen) atoms. The highest BCUT2D eigenvalue weighted by Crippen LogP contribution is 2.31. The van der Waals surface area contributed by atoms with Crippen molar-refractivity contribution < 1.29 is 19.3 Å². The Kier molecular flexibility index (Phi) is 2.30. The minimum Gasteiger partial charge on any atom is -0.493 e. The Morgan fingerprint density at radius 1 is 1.59 bits per heavy atom. The van der Waals surface area contributed by atoms with E-state index in [1.807, 2.05) is 6.07 Å². The molecule has 88 valence electrons. The molecule has 0 saturated heterocycles. The van der Waals surface area contributed by atoms with E-state index in [1.165, 1.54) is 0 Å². The molecule has 1 unspecified atom stereocenters. The molecule has 7 heteroatoms. The zero-order chi connectivity index (χ0) is 12.0. The van der Waals surface area contributed by atoms with E-state index in [-0.39, 0.29) is 6.54 Å². The van der Waals surface area contributed by atoms with Gasteiger partial charge in [-0.05, 0) is 28.7 Å². The summed E-state index contributed by atoms with van der Waals surface area (Å²) in [6.07, 6.45) is 0.130. The van der Waals surface area contributed by atoms with Gasteiger partial charge in [-0.15, -0.1) is 0 Å². The van der Waals surface area contributed by atoms with Crippen LogP contribution in [0.3, 0.4) is 0 Å². The van der Waals surface area contributed by atoms with E-state index in [2.05, 4.69) is 0 Å². The smallest absolute Gasteiger partial charge is 0.492 e. The second-order valence-electron chi connectivity index (χ2n) is 4.18. The van der Waals surface area contributed by atoms with Gasteiger partial charge in [-0.1, -0.05) is 0 Å². The van der Waals surface area contributed by atoms with Gasteiger partial charge in [0, 0.05) is 11.3 Å². The summed E-state index contributed by atoms with van der Waals surface area (Å²) in [6.45, 7) is 0.290. The van der Waals surface area contributed by atoms with Crippen molar-refractivity contribution in [1.29, 1.82) is 0 Å². The van der Waals surface area contributed by atoms with Gasteiger partial charge in [0.05, 0.1) is 6.61 Å². The molecule has 1 aromatic rings. The first-order chi connectivity index (χ1) is 8.15. The largest absolute Gasteiger partial charge is 0.493 e. The van der Waals surface area contributed by atoms with E-state index in [4.69, 9.17) is 9.39 Å². The van der Waals surface area contributed by atoms with Crippen LogP contribution >= 0.6 is 0 Å². The van der Waals surface area contributed by atoms with Gasteiger partial charge in [0.25, 0.3) is 0 Å². The van der Waals surface area contributed by atoms with Crippen LogP contribution < -0.4 is 10.2 Å². The highest BCUT2D eigenvalue weighted by Gasteiger charge is 2.39. The van der Waals surface area contributed by atoms with Crippen molar-refractivity contribution in [1.82, 2.24) is 0 Å². The molecule has 2 heterocycles. The SMILES string of the molecule is O=[N+]([O-])CC1OB(O)c2cc3c(cc21)CCO3. The molecular weight excluding hydrogens is 225 g/mol. The monoisotopic (exact) mass is 235 g/mol. The number of ether oxygens (including phenoxy) is 1. The summed E-state index contributed by atoms with van der Waals surface area (Å²) < 4.78 is 10.6. The summed E-state index contributed by atoms with van der Waals surface area (Å²) in [5.74, 6) is 0.744. The molecular formula is C10H10BNO5. The van der Waals surface area contributed by atoms with Crippen LogP contribution in [0.5, 0.6) is 5.75 Å². The van der Waals surface area contributed by atoms with Gasteiger partial charge < -0.3 is 14.4 Å². The Labute approximate surface area is 97.4 Å². The fourth-order valence-electron chi connectivity index (χ4n) is 2.33. The molecule has 0 aliphatic carbocycles. The molecule has 0 fully saturated rings. The Bertz CT molecular complexity index is 492. The quantitative estimate of drug-likeness (QED) is 0.430. The summed E-state index contributed by atoms with van der Waals surface area (Å²) in [5.41, 5.74) is 2.31.